The van der Waals surface area contributed by atoms with E-state index < -0.39 is 29.9 Å². The number of nitrogens with one attached hydrogen (secondary N) is 2. The molecular weight excluding hydrogens is 490 g/mol. The van der Waals surface area contributed by atoms with Crippen LogP contribution in [-0.2, 0) is 14.3 Å². The Morgan fingerprint density at radius 3 is 2.29 bits per heavy atom. The van der Waals surface area contributed by atoms with E-state index in [1.807, 2.05) is 50.2 Å². The van der Waals surface area contributed by atoms with E-state index in [4.69, 9.17) is 4.74 Å². The number of carboxylic acids is 1. The van der Waals surface area contributed by atoms with E-state index in [0.717, 1.165) is 5.56 Å². The molecule has 1 aromatic carbocycles. The van der Waals surface area contributed by atoms with Crippen LogP contribution in [0.1, 0.15) is 44.1 Å². The molecule has 0 radical (unpaired) electrons. The van der Waals surface area contributed by atoms with Crippen LogP contribution in [0, 0.1) is 0 Å². The number of ether oxygens (including phenoxy) is 1. The standard InChI is InChI=1S/C27H35N5O6/c1-4-38-27(37)32-14-12-31(13-15-32)26(36)21(10-11-24(33)34)30-25(35)23-17-20(28-18(2)3)16-22(29-23)19-8-6-5-7-9-19/h5-9,16-18,21H,4,10-15H2,1-3H3,(H,28,29)(H,30,35)(H,33,34)/t21-/m0/s1. The van der Waals surface area contributed by atoms with Gasteiger partial charge in [0.25, 0.3) is 5.91 Å². The van der Waals surface area contributed by atoms with Crippen molar-refractivity contribution >= 4 is 29.6 Å². The van der Waals surface area contributed by atoms with Gasteiger partial charge in [-0.3, -0.25) is 14.4 Å². The van der Waals surface area contributed by atoms with Gasteiger partial charge in [-0.25, -0.2) is 9.78 Å². The summed E-state index contributed by atoms with van der Waals surface area (Å²) in [6, 6.07) is 11.9. The summed E-state index contributed by atoms with van der Waals surface area (Å²) in [4.78, 5) is 57.5. The van der Waals surface area contributed by atoms with Gasteiger partial charge >= 0.3 is 12.1 Å². The molecule has 0 spiro atoms. The second kappa shape index (κ2) is 13.4. The third-order valence-corrected chi connectivity index (χ3v) is 5.95. The fourth-order valence-corrected chi connectivity index (χ4v) is 4.12. The monoisotopic (exact) mass is 525 g/mol. The van der Waals surface area contributed by atoms with Crippen LogP contribution in [0.25, 0.3) is 11.3 Å². The van der Waals surface area contributed by atoms with Crippen molar-refractivity contribution in [2.24, 2.45) is 0 Å². The molecule has 2 aromatic rings. The molecule has 1 aromatic heterocycles. The molecule has 204 valence electrons. The zero-order chi connectivity index (χ0) is 27.7. The fraction of sp³-hybridized carbons (Fsp3) is 0.444. The number of amides is 3. The first-order valence-electron chi connectivity index (χ1n) is 12.7. The zero-order valence-electron chi connectivity index (χ0n) is 22.0. The summed E-state index contributed by atoms with van der Waals surface area (Å²) in [6.45, 7) is 7.01. The molecule has 0 bridgehead atoms. The molecule has 11 nitrogen and oxygen atoms in total. The number of pyridine rings is 1. The lowest BCUT2D eigenvalue weighted by molar-refractivity contribution is -0.138. The maximum Gasteiger partial charge on any atom is 0.409 e. The molecule has 0 unspecified atom stereocenters. The number of aliphatic carboxylic acids is 1. The van der Waals surface area contributed by atoms with Crippen LogP contribution in [0.2, 0.25) is 0 Å². The molecular formula is C27H35N5O6. The largest absolute Gasteiger partial charge is 0.481 e. The highest BCUT2D eigenvalue weighted by Crippen LogP contribution is 2.22. The first-order valence-corrected chi connectivity index (χ1v) is 12.7. The van der Waals surface area contributed by atoms with Crippen molar-refractivity contribution in [3.05, 3.63) is 48.2 Å². The predicted octanol–water partition coefficient (Wildman–Crippen LogP) is 2.83. The smallest absolute Gasteiger partial charge is 0.409 e. The van der Waals surface area contributed by atoms with E-state index >= 15 is 0 Å². The van der Waals surface area contributed by atoms with Crippen molar-refractivity contribution in [3.8, 4) is 11.3 Å². The van der Waals surface area contributed by atoms with Crippen LogP contribution >= 0.6 is 0 Å². The van der Waals surface area contributed by atoms with Crippen LogP contribution < -0.4 is 10.6 Å². The summed E-state index contributed by atoms with van der Waals surface area (Å²) in [5.41, 5.74) is 2.22. The summed E-state index contributed by atoms with van der Waals surface area (Å²) >= 11 is 0. The summed E-state index contributed by atoms with van der Waals surface area (Å²) in [7, 11) is 0. The molecule has 0 aliphatic carbocycles. The number of piperazine rings is 1. The Kier molecular flexibility index (Phi) is 10.0. The lowest BCUT2D eigenvalue weighted by Gasteiger charge is -2.35. The number of hydrogen-bond donors (Lipinski definition) is 3. The van der Waals surface area contributed by atoms with Gasteiger partial charge in [0.05, 0.1) is 12.3 Å². The second-order valence-electron chi connectivity index (χ2n) is 9.26. The van der Waals surface area contributed by atoms with Gasteiger partial charge in [-0.15, -0.1) is 0 Å². The van der Waals surface area contributed by atoms with Crippen LogP contribution in [0.5, 0.6) is 0 Å². The quantitative estimate of drug-likeness (QED) is 0.430. The van der Waals surface area contributed by atoms with Gasteiger partial charge < -0.3 is 30.3 Å². The summed E-state index contributed by atoms with van der Waals surface area (Å²) < 4.78 is 5.02. The molecule has 11 heteroatoms. The van der Waals surface area contributed by atoms with Crippen molar-refractivity contribution in [3.63, 3.8) is 0 Å². The number of benzene rings is 1. The van der Waals surface area contributed by atoms with E-state index in [-0.39, 0.29) is 57.4 Å². The van der Waals surface area contributed by atoms with Gasteiger partial charge in [0, 0.05) is 49.9 Å². The zero-order valence-corrected chi connectivity index (χ0v) is 22.0. The number of aromatic nitrogens is 1. The van der Waals surface area contributed by atoms with Crippen molar-refractivity contribution in [1.82, 2.24) is 20.1 Å². The molecule has 0 saturated carbocycles. The average molecular weight is 526 g/mol. The Morgan fingerprint density at radius 1 is 1.03 bits per heavy atom. The Bertz CT molecular complexity index is 1130. The average Bonchev–Trinajstić information content (AvgIpc) is 2.90. The third-order valence-electron chi connectivity index (χ3n) is 5.95. The highest BCUT2D eigenvalue weighted by atomic mass is 16.6. The number of hydrogen-bond acceptors (Lipinski definition) is 7. The number of carboxylic acid groups (broad SMARTS) is 1. The Morgan fingerprint density at radius 2 is 1.68 bits per heavy atom. The van der Waals surface area contributed by atoms with Gasteiger partial charge in [-0.1, -0.05) is 30.3 Å². The number of rotatable bonds is 10. The Labute approximate surface area is 222 Å². The molecule has 1 fully saturated rings. The molecule has 3 rings (SSSR count). The fourth-order valence-electron chi connectivity index (χ4n) is 4.12. The number of carbonyl (C=O) groups excluding carboxylic acids is 3. The lowest BCUT2D eigenvalue weighted by Crippen LogP contribution is -2.56. The molecule has 3 N–H and O–H groups in total. The topological polar surface area (TPSA) is 141 Å². The van der Waals surface area contributed by atoms with E-state index in [2.05, 4.69) is 15.6 Å². The number of nitrogens with zero attached hydrogens (tertiary/aromatic N) is 3. The van der Waals surface area contributed by atoms with Crippen molar-refractivity contribution < 1.29 is 29.0 Å². The molecule has 3 amide bonds. The number of carbonyl (C=O) groups is 4. The normalized spacial score (nSPS) is 14.1. The highest BCUT2D eigenvalue weighted by Gasteiger charge is 2.31. The molecule has 1 aliphatic heterocycles. The van der Waals surface area contributed by atoms with Gasteiger partial charge in [-0.2, -0.15) is 0 Å². The van der Waals surface area contributed by atoms with Gasteiger partial charge in [0.15, 0.2) is 0 Å². The summed E-state index contributed by atoms with van der Waals surface area (Å²) in [5.74, 6) is -2.05. The van der Waals surface area contributed by atoms with E-state index in [9.17, 15) is 24.3 Å². The van der Waals surface area contributed by atoms with Gasteiger partial charge in [0.2, 0.25) is 5.91 Å². The van der Waals surface area contributed by atoms with Crippen LogP contribution in [0.15, 0.2) is 42.5 Å². The molecule has 2 heterocycles. The maximum absolute atomic E-state index is 13.3. The van der Waals surface area contributed by atoms with Crippen LogP contribution in [-0.4, -0.2) is 88.6 Å². The second-order valence-corrected chi connectivity index (χ2v) is 9.26. The highest BCUT2D eigenvalue weighted by molar-refractivity contribution is 5.97. The first kappa shape index (κ1) is 28.4. The minimum atomic E-state index is -1.07. The SMILES string of the molecule is CCOC(=O)N1CCN(C(=O)[C@H](CCC(=O)O)NC(=O)c2cc(NC(C)C)cc(-c3ccccc3)n2)CC1. The van der Waals surface area contributed by atoms with E-state index in [1.54, 1.807) is 13.0 Å². The van der Waals surface area contributed by atoms with Crippen molar-refractivity contribution in [2.45, 2.75) is 45.7 Å². The third kappa shape index (κ3) is 7.92. The van der Waals surface area contributed by atoms with Gasteiger partial charge in [-0.05, 0) is 39.3 Å². The predicted molar refractivity (Wildman–Crippen MR) is 142 cm³/mol. The molecule has 1 aliphatic rings. The minimum absolute atomic E-state index is 0.0759. The van der Waals surface area contributed by atoms with E-state index in [1.165, 1.54) is 9.80 Å². The molecule has 38 heavy (non-hydrogen) atoms. The Balaban J connectivity index is 1.79. The van der Waals surface area contributed by atoms with Crippen molar-refractivity contribution in [1.29, 1.82) is 0 Å². The molecule has 1 atom stereocenters. The molecule has 1 saturated heterocycles. The lowest BCUT2D eigenvalue weighted by atomic mass is 10.1. The van der Waals surface area contributed by atoms with Crippen LogP contribution in [0.3, 0.4) is 0 Å². The summed E-state index contributed by atoms with van der Waals surface area (Å²) in [5, 5.41) is 15.2. The van der Waals surface area contributed by atoms with Gasteiger partial charge in [0.1, 0.15) is 11.7 Å². The number of anilines is 1. The Hall–Kier alpha value is -4.15. The first-order chi connectivity index (χ1) is 18.2. The summed E-state index contributed by atoms with van der Waals surface area (Å²) in [6.07, 6.45) is -0.810. The maximum atomic E-state index is 13.3. The van der Waals surface area contributed by atoms with Crippen molar-refractivity contribution in [2.75, 3.05) is 38.1 Å². The minimum Gasteiger partial charge on any atom is -0.481 e. The van der Waals surface area contributed by atoms with Crippen LogP contribution in [0.4, 0.5) is 10.5 Å². The van der Waals surface area contributed by atoms with E-state index in [0.29, 0.717) is 11.4 Å².